The molecule has 7 heteroatoms. The molecule has 0 saturated carbocycles. The molecule has 22 heavy (non-hydrogen) atoms. The van der Waals surface area contributed by atoms with Crippen LogP contribution in [0.2, 0.25) is 0 Å². The molecule has 1 aliphatic heterocycles. The molecule has 6 nitrogen and oxygen atoms in total. The molecular formula is C15H17FN4O2. The van der Waals surface area contributed by atoms with E-state index in [2.05, 4.69) is 10.2 Å². The van der Waals surface area contributed by atoms with Crippen molar-refractivity contribution in [1.82, 2.24) is 19.9 Å². The molecule has 0 aliphatic carbocycles. The van der Waals surface area contributed by atoms with Crippen molar-refractivity contribution in [3.8, 4) is 5.69 Å². The number of hydrogen-bond acceptors (Lipinski definition) is 4. The molecule has 0 bridgehead atoms. The van der Waals surface area contributed by atoms with Gasteiger partial charge in [-0.15, -0.1) is 4.80 Å². The highest BCUT2D eigenvalue weighted by Crippen LogP contribution is 2.24. The molecule has 1 amide bonds. The Morgan fingerprint density at radius 1 is 1.36 bits per heavy atom. The number of benzene rings is 1. The fourth-order valence-electron chi connectivity index (χ4n) is 2.79. The highest BCUT2D eigenvalue weighted by molar-refractivity contribution is 5.98. The molecule has 1 aromatic heterocycles. The molecular weight excluding hydrogens is 287 g/mol. The number of carbonyl (C=O) groups is 1. The zero-order chi connectivity index (χ0) is 15.7. The van der Waals surface area contributed by atoms with Crippen LogP contribution in [0.1, 0.15) is 30.1 Å². The van der Waals surface area contributed by atoms with Crippen molar-refractivity contribution in [3.05, 3.63) is 42.0 Å². The number of aliphatic hydroxyl groups excluding tert-OH is 1. The SMILES string of the molecule is C[C@H]1[C@H](O)CCCN1C(=O)c1cccc(F)c1-n1nccn1. The lowest BCUT2D eigenvalue weighted by atomic mass is 9.99. The molecule has 0 spiro atoms. The summed E-state index contributed by atoms with van der Waals surface area (Å²) in [6.07, 6.45) is 3.68. The summed E-state index contributed by atoms with van der Waals surface area (Å²) in [5, 5.41) is 17.8. The van der Waals surface area contributed by atoms with Crippen molar-refractivity contribution in [1.29, 1.82) is 0 Å². The lowest BCUT2D eigenvalue weighted by molar-refractivity contribution is 0.0180. The maximum Gasteiger partial charge on any atom is 0.256 e. The van der Waals surface area contributed by atoms with Gasteiger partial charge in [0.25, 0.3) is 5.91 Å². The summed E-state index contributed by atoms with van der Waals surface area (Å²) in [4.78, 5) is 15.5. The lowest BCUT2D eigenvalue weighted by Crippen LogP contribution is -2.49. The van der Waals surface area contributed by atoms with Gasteiger partial charge >= 0.3 is 0 Å². The third-order valence-electron chi connectivity index (χ3n) is 4.04. The van der Waals surface area contributed by atoms with Crippen molar-refractivity contribution in [2.45, 2.75) is 31.9 Å². The van der Waals surface area contributed by atoms with Gasteiger partial charge in [-0.2, -0.15) is 10.2 Å². The number of likely N-dealkylation sites (tertiary alicyclic amines) is 1. The molecule has 1 saturated heterocycles. The van der Waals surface area contributed by atoms with Crippen LogP contribution in [0.25, 0.3) is 5.69 Å². The van der Waals surface area contributed by atoms with Crippen LogP contribution in [-0.4, -0.2) is 49.6 Å². The summed E-state index contributed by atoms with van der Waals surface area (Å²) in [7, 11) is 0. The van der Waals surface area contributed by atoms with Crippen molar-refractivity contribution < 1.29 is 14.3 Å². The minimum atomic E-state index is -0.563. The average Bonchev–Trinajstić information content (AvgIpc) is 3.03. The Morgan fingerprint density at radius 2 is 2.09 bits per heavy atom. The zero-order valence-corrected chi connectivity index (χ0v) is 12.2. The Bertz CT molecular complexity index is 674. The van der Waals surface area contributed by atoms with Gasteiger partial charge in [0, 0.05) is 6.54 Å². The molecule has 1 aromatic carbocycles. The Kier molecular flexibility index (Phi) is 3.89. The molecule has 1 aliphatic rings. The predicted octanol–water partition coefficient (Wildman–Crippen LogP) is 1.39. The van der Waals surface area contributed by atoms with Gasteiger partial charge in [-0.1, -0.05) is 6.07 Å². The van der Waals surface area contributed by atoms with E-state index in [0.29, 0.717) is 13.0 Å². The summed E-state index contributed by atoms with van der Waals surface area (Å²) in [6, 6.07) is 4.01. The van der Waals surface area contributed by atoms with E-state index < -0.39 is 11.9 Å². The molecule has 2 heterocycles. The van der Waals surface area contributed by atoms with E-state index in [9.17, 15) is 14.3 Å². The van der Waals surface area contributed by atoms with Gasteiger partial charge in [-0.25, -0.2) is 4.39 Å². The van der Waals surface area contributed by atoms with Gasteiger partial charge < -0.3 is 10.0 Å². The van der Waals surface area contributed by atoms with E-state index >= 15 is 0 Å². The molecule has 0 unspecified atom stereocenters. The molecule has 0 radical (unpaired) electrons. The van der Waals surface area contributed by atoms with Crippen LogP contribution >= 0.6 is 0 Å². The first-order valence-corrected chi connectivity index (χ1v) is 7.24. The number of amides is 1. The van der Waals surface area contributed by atoms with Crippen molar-refractivity contribution >= 4 is 5.91 Å². The molecule has 3 rings (SSSR count). The van der Waals surface area contributed by atoms with Crippen LogP contribution < -0.4 is 0 Å². The normalized spacial score (nSPS) is 21.9. The van der Waals surface area contributed by atoms with Gasteiger partial charge in [-0.05, 0) is 31.9 Å². The van der Waals surface area contributed by atoms with Crippen LogP contribution in [0.4, 0.5) is 4.39 Å². The average molecular weight is 304 g/mol. The first-order chi connectivity index (χ1) is 10.6. The second kappa shape index (κ2) is 5.84. The Morgan fingerprint density at radius 3 is 2.82 bits per heavy atom. The maximum atomic E-state index is 14.2. The van der Waals surface area contributed by atoms with Gasteiger partial charge in [0.05, 0.1) is 30.1 Å². The second-order valence-corrected chi connectivity index (χ2v) is 5.40. The second-order valence-electron chi connectivity index (χ2n) is 5.40. The smallest absolute Gasteiger partial charge is 0.256 e. The minimum absolute atomic E-state index is 0.0322. The number of aliphatic hydroxyl groups is 1. The van der Waals surface area contributed by atoms with Gasteiger partial charge in [0.1, 0.15) is 5.69 Å². The predicted molar refractivity (Wildman–Crippen MR) is 77.1 cm³/mol. The highest BCUT2D eigenvalue weighted by Gasteiger charge is 2.32. The minimum Gasteiger partial charge on any atom is -0.391 e. The molecule has 116 valence electrons. The fraction of sp³-hybridized carbons (Fsp3) is 0.400. The van der Waals surface area contributed by atoms with Gasteiger partial charge in [0.2, 0.25) is 0 Å². The monoisotopic (exact) mass is 304 g/mol. The third kappa shape index (κ3) is 2.48. The van der Waals surface area contributed by atoms with Gasteiger partial charge in [0.15, 0.2) is 5.82 Å². The maximum absolute atomic E-state index is 14.2. The standard InChI is InChI=1S/C15H17FN4O2/c1-10-13(21)6-3-9-19(10)15(22)11-4-2-5-12(16)14(11)20-17-7-8-18-20/h2,4-5,7-8,10,13,21H,3,6,9H2,1H3/t10-,13+/m0/s1. The van der Waals surface area contributed by atoms with E-state index in [1.54, 1.807) is 17.9 Å². The molecule has 1 fully saturated rings. The Labute approximate surface area is 127 Å². The van der Waals surface area contributed by atoms with Gasteiger partial charge in [-0.3, -0.25) is 4.79 Å². The van der Waals surface area contributed by atoms with E-state index in [1.165, 1.54) is 24.5 Å². The van der Waals surface area contributed by atoms with E-state index in [1.807, 2.05) is 0 Å². The number of aromatic nitrogens is 3. The lowest BCUT2D eigenvalue weighted by Gasteiger charge is -2.37. The Balaban J connectivity index is 2.01. The number of carbonyl (C=O) groups excluding carboxylic acids is 1. The number of nitrogens with zero attached hydrogens (tertiary/aromatic N) is 4. The quantitative estimate of drug-likeness (QED) is 0.910. The number of piperidine rings is 1. The third-order valence-corrected chi connectivity index (χ3v) is 4.04. The van der Waals surface area contributed by atoms with Crippen LogP contribution in [-0.2, 0) is 0 Å². The van der Waals surface area contributed by atoms with Crippen molar-refractivity contribution in [3.63, 3.8) is 0 Å². The topological polar surface area (TPSA) is 71.2 Å². The Hall–Kier alpha value is -2.28. The van der Waals surface area contributed by atoms with Crippen LogP contribution in [0.15, 0.2) is 30.6 Å². The molecule has 1 N–H and O–H groups in total. The summed E-state index contributed by atoms with van der Waals surface area (Å²) >= 11 is 0. The van der Waals surface area contributed by atoms with Crippen molar-refractivity contribution in [2.75, 3.05) is 6.54 Å². The largest absolute Gasteiger partial charge is 0.391 e. The van der Waals surface area contributed by atoms with E-state index in [-0.39, 0.29) is 23.2 Å². The van der Waals surface area contributed by atoms with E-state index in [4.69, 9.17) is 0 Å². The molecule has 2 aromatic rings. The van der Waals surface area contributed by atoms with E-state index in [0.717, 1.165) is 11.2 Å². The summed E-state index contributed by atoms with van der Waals surface area (Å²) in [6.45, 7) is 2.34. The number of para-hydroxylation sites is 1. The first kappa shape index (κ1) is 14.6. The van der Waals surface area contributed by atoms with Crippen LogP contribution in [0, 0.1) is 5.82 Å². The summed E-state index contributed by atoms with van der Waals surface area (Å²) in [5.74, 6) is -0.884. The summed E-state index contributed by atoms with van der Waals surface area (Å²) in [5.41, 5.74) is 0.224. The van der Waals surface area contributed by atoms with Crippen LogP contribution in [0.5, 0.6) is 0 Å². The number of rotatable bonds is 2. The summed E-state index contributed by atoms with van der Waals surface area (Å²) < 4.78 is 14.2. The van der Waals surface area contributed by atoms with Crippen LogP contribution in [0.3, 0.4) is 0 Å². The first-order valence-electron chi connectivity index (χ1n) is 7.24. The molecule has 2 atom stereocenters. The van der Waals surface area contributed by atoms with Crippen molar-refractivity contribution in [2.24, 2.45) is 0 Å². The number of hydrogen-bond donors (Lipinski definition) is 1. The highest BCUT2D eigenvalue weighted by atomic mass is 19.1. The zero-order valence-electron chi connectivity index (χ0n) is 12.2. The fourth-order valence-corrected chi connectivity index (χ4v) is 2.79. The number of halogens is 1.